The van der Waals surface area contributed by atoms with Crippen LogP contribution in [-0.2, 0) is 14.3 Å². The lowest BCUT2D eigenvalue weighted by molar-refractivity contribution is -0.145. The molecule has 0 aromatic heterocycles. The topological polar surface area (TPSA) is 52.6 Å². The number of rotatable bonds is 6. The van der Waals surface area contributed by atoms with E-state index < -0.39 is 11.9 Å². The van der Waals surface area contributed by atoms with Crippen LogP contribution >= 0.6 is 23.2 Å². The quantitative estimate of drug-likeness (QED) is 0.455. The fraction of sp³-hybridized carbons (Fsp3) is 0.286. The number of hydrogen-bond donors (Lipinski definition) is 0. The molecule has 0 fully saturated rings. The molecule has 4 nitrogen and oxygen atoms in total. The standard InChI is InChI=1S/C14H14Cl2O4/c1-2-3-9-19-12(17)7-8-13(18)20-11-6-4-5-10(15)14(11)16/h2-6H,7-9H2,1H3/b3-2+. The Morgan fingerprint density at radius 2 is 1.90 bits per heavy atom. The summed E-state index contributed by atoms with van der Waals surface area (Å²) in [6, 6.07) is 4.72. The Kier molecular flexibility index (Phi) is 7.12. The van der Waals surface area contributed by atoms with Gasteiger partial charge in [-0.05, 0) is 19.1 Å². The van der Waals surface area contributed by atoms with Crippen LogP contribution < -0.4 is 4.74 Å². The van der Waals surface area contributed by atoms with Gasteiger partial charge in [0.1, 0.15) is 11.6 Å². The Morgan fingerprint density at radius 1 is 1.20 bits per heavy atom. The van der Waals surface area contributed by atoms with Gasteiger partial charge in [-0.1, -0.05) is 41.4 Å². The van der Waals surface area contributed by atoms with Gasteiger partial charge >= 0.3 is 11.9 Å². The van der Waals surface area contributed by atoms with E-state index in [9.17, 15) is 9.59 Å². The van der Waals surface area contributed by atoms with Crippen LogP contribution in [0.15, 0.2) is 30.4 Å². The summed E-state index contributed by atoms with van der Waals surface area (Å²) >= 11 is 11.7. The number of esters is 2. The molecule has 0 atom stereocenters. The van der Waals surface area contributed by atoms with Crippen LogP contribution in [0.5, 0.6) is 5.75 Å². The molecular weight excluding hydrogens is 303 g/mol. The van der Waals surface area contributed by atoms with E-state index in [0.717, 1.165) is 0 Å². The summed E-state index contributed by atoms with van der Waals surface area (Å²) in [7, 11) is 0. The highest BCUT2D eigenvalue weighted by molar-refractivity contribution is 6.43. The van der Waals surface area contributed by atoms with Crippen LogP contribution in [0.4, 0.5) is 0 Å². The van der Waals surface area contributed by atoms with Crippen molar-refractivity contribution in [2.75, 3.05) is 6.61 Å². The first kappa shape index (κ1) is 16.5. The number of ether oxygens (including phenoxy) is 2. The van der Waals surface area contributed by atoms with Crippen molar-refractivity contribution >= 4 is 35.1 Å². The highest BCUT2D eigenvalue weighted by Crippen LogP contribution is 2.31. The molecule has 0 spiro atoms. The van der Waals surface area contributed by atoms with Gasteiger partial charge in [-0.15, -0.1) is 0 Å². The number of halogens is 2. The summed E-state index contributed by atoms with van der Waals surface area (Å²) in [6.45, 7) is 2.02. The van der Waals surface area contributed by atoms with Crippen molar-refractivity contribution in [2.45, 2.75) is 19.8 Å². The minimum atomic E-state index is -0.572. The minimum absolute atomic E-state index is 0.0471. The maximum atomic E-state index is 11.6. The van der Waals surface area contributed by atoms with Gasteiger partial charge in [-0.2, -0.15) is 0 Å². The molecule has 1 aromatic rings. The second-order valence-electron chi connectivity index (χ2n) is 3.78. The molecular formula is C14H14Cl2O4. The lowest BCUT2D eigenvalue weighted by Crippen LogP contribution is -2.12. The predicted molar refractivity (Wildman–Crippen MR) is 77.1 cm³/mol. The largest absolute Gasteiger partial charge is 0.461 e. The lowest BCUT2D eigenvalue weighted by Gasteiger charge is -2.07. The monoisotopic (exact) mass is 316 g/mol. The Balaban J connectivity index is 2.40. The summed E-state index contributed by atoms with van der Waals surface area (Å²) in [4.78, 5) is 22.8. The zero-order chi connectivity index (χ0) is 15.0. The SMILES string of the molecule is C/C=C/COC(=O)CCC(=O)Oc1cccc(Cl)c1Cl. The Labute approximate surface area is 127 Å². The van der Waals surface area contributed by atoms with E-state index in [0.29, 0.717) is 5.02 Å². The molecule has 0 N–H and O–H groups in total. The molecule has 0 unspecified atom stereocenters. The average molecular weight is 317 g/mol. The summed E-state index contributed by atoms with van der Waals surface area (Å²) in [5, 5.41) is 0.459. The van der Waals surface area contributed by atoms with Crippen molar-refractivity contribution in [2.24, 2.45) is 0 Å². The molecule has 0 saturated carbocycles. The first-order valence-electron chi connectivity index (χ1n) is 5.96. The molecule has 0 aliphatic carbocycles. The molecule has 0 aliphatic rings. The van der Waals surface area contributed by atoms with Gasteiger partial charge in [0.25, 0.3) is 0 Å². The van der Waals surface area contributed by atoms with Crippen LogP contribution in [0.1, 0.15) is 19.8 Å². The third-order valence-electron chi connectivity index (χ3n) is 2.25. The van der Waals surface area contributed by atoms with Gasteiger partial charge in [0.05, 0.1) is 17.9 Å². The van der Waals surface area contributed by atoms with E-state index in [2.05, 4.69) is 0 Å². The van der Waals surface area contributed by atoms with E-state index >= 15 is 0 Å². The third-order valence-corrected chi connectivity index (χ3v) is 3.05. The number of carbonyl (C=O) groups excluding carboxylic acids is 2. The van der Waals surface area contributed by atoms with Gasteiger partial charge in [-0.3, -0.25) is 9.59 Å². The molecule has 6 heteroatoms. The van der Waals surface area contributed by atoms with E-state index in [1.165, 1.54) is 6.07 Å². The number of carbonyl (C=O) groups is 2. The summed E-state index contributed by atoms with van der Waals surface area (Å²) in [5.41, 5.74) is 0. The van der Waals surface area contributed by atoms with Crippen molar-refractivity contribution in [1.82, 2.24) is 0 Å². The molecule has 0 amide bonds. The zero-order valence-electron chi connectivity index (χ0n) is 10.9. The van der Waals surface area contributed by atoms with Crippen LogP contribution in [0.2, 0.25) is 10.0 Å². The number of allylic oxidation sites excluding steroid dienone is 1. The van der Waals surface area contributed by atoms with E-state index in [1.54, 1.807) is 24.3 Å². The molecule has 1 rings (SSSR count). The van der Waals surface area contributed by atoms with Crippen LogP contribution in [0.3, 0.4) is 0 Å². The molecule has 0 radical (unpaired) electrons. The molecule has 0 heterocycles. The van der Waals surface area contributed by atoms with Crippen molar-refractivity contribution < 1.29 is 19.1 Å². The highest BCUT2D eigenvalue weighted by atomic mass is 35.5. The second-order valence-corrected chi connectivity index (χ2v) is 4.56. The zero-order valence-corrected chi connectivity index (χ0v) is 12.4. The second kappa shape index (κ2) is 8.61. The molecule has 20 heavy (non-hydrogen) atoms. The van der Waals surface area contributed by atoms with Crippen molar-refractivity contribution in [1.29, 1.82) is 0 Å². The smallest absolute Gasteiger partial charge is 0.311 e. The molecule has 108 valence electrons. The molecule has 0 bridgehead atoms. The Bertz CT molecular complexity index is 512. The van der Waals surface area contributed by atoms with Gasteiger partial charge in [0.15, 0.2) is 5.75 Å². The predicted octanol–water partition coefficient (Wildman–Crippen LogP) is 3.80. The van der Waals surface area contributed by atoms with Crippen molar-refractivity contribution in [3.8, 4) is 5.75 Å². The summed E-state index contributed by atoms with van der Waals surface area (Å²) in [5.74, 6) is -0.860. The summed E-state index contributed by atoms with van der Waals surface area (Å²) < 4.78 is 9.87. The van der Waals surface area contributed by atoms with E-state index in [-0.39, 0.29) is 30.2 Å². The number of benzene rings is 1. The minimum Gasteiger partial charge on any atom is -0.461 e. The maximum Gasteiger partial charge on any atom is 0.311 e. The van der Waals surface area contributed by atoms with Crippen molar-refractivity contribution in [3.63, 3.8) is 0 Å². The molecule has 1 aromatic carbocycles. The fourth-order valence-corrected chi connectivity index (χ4v) is 1.58. The van der Waals surface area contributed by atoms with Crippen LogP contribution in [-0.4, -0.2) is 18.5 Å². The van der Waals surface area contributed by atoms with Crippen LogP contribution in [0, 0.1) is 0 Å². The first-order valence-corrected chi connectivity index (χ1v) is 6.71. The lowest BCUT2D eigenvalue weighted by atomic mass is 10.3. The third kappa shape index (κ3) is 5.63. The Hall–Kier alpha value is -1.52. The van der Waals surface area contributed by atoms with Gasteiger partial charge < -0.3 is 9.47 Å². The van der Waals surface area contributed by atoms with Gasteiger partial charge in [0, 0.05) is 0 Å². The first-order chi connectivity index (χ1) is 9.54. The number of hydrogen-bond acceptors (Lipinski definition) is 4. The summed E-state index contributed by atoms with van der Waals surface area (Å²) in [6.07, 6.45) is 3.33. The molecule has 0 aliphatic heterocycles. The Morgan fingerprint density at radius 3 is 2.60 bits per heavy atom. The molecule has 0 saturated heterocycles. The van der Waals surface area contributed by atoms with E-state index in [4.69, 9.17) is 32.7 Å². The fourth-order valence-electron chi connectivity index (χ4n) is 1.25. The highest BCUT2D eigenvalue weighted by Gasteiger charge is 2.12. The van der Waals surface area contributed by atoms with E-state index in [1.807, 2.05) is 6.92 Å². The van der Waals surface area contributed by atoms with Gasteiger partial charge in [0.2, 0.25) is 0 Å². The van der Waals surface area contributed by atoms with Gasteiger partial charge in [-0.25, -0.2) is 0 Å². The van der Waals surface area contributed by atoms with Crippen molar-refractivity contribution in [3.05, 3.63) is 40.4 Å². The average Bonchev–Trinajstić information content (AvgIpc) is 2.42. The maximum absolute atomic E-state index is 11.6. The normalized spacial score (nSPS) is 10.6. The van der Waals surface area contributed by atoms with Crippen LogP contribution in [0.25, 0.3) is 0 Å².